The second kappa shape index (κ2) is 5.15. The van der Waals surface area contributed by atoms with Crippen molar-refractivity contribution in [3.05, 3.63) is 23.8 Å². The third kappa shape index (κ3) is 2.05. The van der Waals surface area contributed by atoms with E-state index in [0.29, 0.717) is 0 Å². The summed E-state index contributed by atoms with van der Waals surface area (Å²) in [5.74, 6) is -2.61. The number of aromatic hydroxyl groups is 2. The molecule has 24 heavy (non-hydrogen) atoms. The molecule has 3 rings (SSSR count). The van der Waals surface area contributed by atoms with E-state index < -0.39 is 29.1 Å². The van der Waals surface area contributed by atoms with Crippen LogP contribution in [-0.2, 0) is 15.1 Å². The lowest BCUT2D eigenvalue weighted by atomic mass is 9.90. The van der Waals surface area contributed by atoms with E-state index in [1.165, 1.54) is 25.1 Å². The molecule has 0 unspecified atom stereocenters. The van der Waals surface area contributed by atoms with Crippen LogP contribution in [0.1, 0.15) is 30.1 Å². The highest BCUT2D eigenvalue weighted by Crippen LogP contribution is 2.43. The van der Waals surface area contributed by atoms with Gasteiger partial charge in [-0.15, -0.1) is 5.11 Å². The summed E-state index contributed by atoms with van der Waals surface area (Å²) in [6.45, 7) is 1.50. The average Bonchev–Trinajstić information content (AvgIpc) is 2.82. The van der Waals surface area contributed by atoms with E-state index in [4.69, 9.17) is 5.53 Å². The van der Waals surface area contributed by atoms with Crippen LogP contribution in [0.15, 0.2) is 23.3 Å². The van der Waals surface area contributed by atoms with Crippen LogP contribution < -0.4 is 5.32 Å². The van der Waals surface area contributed by atoms with Crippen molar-refractivity contribution >= 4 is 28.5 Å². The Morgan fingerprint density at radius 3 is 2.58 bits per heavy atom. The molecule has 2 heterocycles. The molecule has 9 heteroatoms. The van der Waals surface area contributed by atoms with Gasteiger partial charge in [-0.2, -0.15) is 0 Å². The minimum Gasteiger partial charge on any atom is -0.494 e. The summed E-state index contributed by atoms with van der Waals surface area (Å²) in [7, 11) is 0. The minimum absolute atomic E-state index is 0.0666. The zero-order chi connectivity index (χ0) is 17.6. The molecule has 1 aromatic heterocycles. The highest BCUT2D eigenvalue weighted by atomic mass is 16.3. The number of carbonyl (C=O) groups is 3. The first-order chi connectivity index (χ1) is 11.3. The lowest BCUT2D eigenvalue weighted by Crippen LogP contribution is -2.52. The number of fused-ring (bicyclic) bond motifs is 1. The van der Waals surface area contributed by atoms with Gasteiger partial charge in [-0.25, -0.2) is 5.53 Å². The van der Waals surface area contributed by atoms with Crippen molar-refractivity contribution in [2.45, 2.75) is 25.3 Å². The smallest absolute Gasteiger partial charge is 0.294 e. The highest BCUT2D eigenvalue weighted by Gasteiger charge is 2.43. The lowest BCUT2D eigenvalue weighted by Gasteiger charge is -2.33. The van der Waals surface area contributed by atoms with Crippen LogP contribution in [0.3, 0.4) is 0 Å². The summed E-state index contributed by atoms with van der Waals surface area (Å²) < 4.78 is 1.05. The number of benzene rings is 1. The van der Waals surface area contributed by atoms with Crippen LogP contribution in [0.4, 0.5) is 0 Å². The normalized spacial score (nSPS) is 20.9. The monoisotopic (exact) mass is 330 g/mol. The maximum Gasteiger partial charge on any atom is 0.294 e. The summed E-state index contributed by atoms with van der Waals surface area (Å²) in [5, 5.41) is 26.3. The van der Waals surface area contributed by atoms with Crippen molar-refractivity contribution in [1.82, 2.24) is 9.88 Å². The summed E-state index contributed by atoms with van der Waals surface area (Å²) in [5.41, 5.74) is 5.48. The van der Waals surface area contributed by atoms with Gasteiger partial charge in [0.1, 0.15) is 5.54 Å². The van der Waals surface area contributed by atoms with E-state index in [1.807, 2.05) is 0 Å². The van der Waals surface area contributed by atoms with E-state index in [9.17, 15) is 24.6 Å². The second-order valence-corrected chi connectivity index (χ2v) is 5.81. The van der Waals surface area contributed by atoms with Crippen molar-refractivity contribution in [1.29, 1.82) is 5.53 Å². The second-order valence-electron chi connectivity index (χ2n) is 5.81. The van der Waals surface area contributed by atoms with Crippen LogP contribution in [0.2, 0.25) is 0 Å². The average molecular weight is 330 g/mol. The lowest BCUT2D eigenvalue weighted by molar-refractivity contribution is -0.140. The molecule has 1 saturated heterocycles. The third-order valence-corrected chi connectivity index (χ3v) is 4.35. The molecule has 1 aliphatic heterocycles. The van der Waals surface area contributed by atoms with Crippen molar-refractivity contribution in [3.8, 4) is 11.8 Å². The molecular weight excluding hydrogens is 316 g/mol. The van der Waals surface area contributed by atoms with Gasteiger partial charge in [-0.3, -0.25) is 24.3 Å². The number of carbonyl (C=O) groups excluding carboxylic acids is 3. The van der Waals surface area contributed by atoms with Gasteiger partial charge in [0.2, 0.25) is 17.7 Å². The van der Waals surface area contributed by atoms with Crippen molar-refractivity contribution in [2.75, 3.05) is 0 Å². The Bertz CT molecular complexity index is 916. The molecule has 0 saturated carbocycles. The van der Waals surface area contributed by atoms with Gasteiger partial charge < -0.3 is 10.2 Å². The van der Waals surface area contributed by atoms with Gasteiger partial charge in [-0.05, 0) is 31.5 Å². The van der Waals surface area contributed by atoms with Crippen LogP contribution in [0.5, 0.6) is 11.8 Å². The molecule has 2 aromatic rings. The van der Waals surface area contributed by atoms with E-state index in [0.717, 1.165) is 4.57 Å². The number of hydrogen-bond donors (Lipinski definition) is 4. The predicted octanol–water partition coefficient (Wildman–Crippen LogP) is 1.38. The zero-order valence-electron chi connectivity index (χ0n) is 12.7. The van der Waals surface area contributed by atoms with Crippen molar-refractivity contribution < 1.29 is 24.6 Å². The van der Waals surface area contributed by atoms with Gasteiger partial charge in [-0.1, -0.05) is 0 Å². The van der Waals surface area contributed by atoms with Crippen LogP contribution in [0, 0.1) is 5.53 Å². The van der Waals surface area contributed by atoms with Gasteiger partial charge in [0, 0.05) is 22.8 Å². The van der Waals surface area contributed by atoms with E-state index in [-0.39, 0.29) is 35.1 Å². The van der Waals surface area contributed by atoms with E-state index >= 15 is 0 Å². The summed E-state index contributed by atoms with van der Waals surface area (Å²) >= 11 is 0. The van der Waals surface area contributed by atoms with Gasteiger partial charge in [0.25, 0.3) is 11.8 Å². The molecule has 9 nitrogen and oxygen atoms in total. The Morgan fingerprint density at radius 1 is 1.29 bits per heavy atom. The van der Waals surface area contributed by atoms with Crippen molar-refractivity contribution in [2.24, 2.45) is 5.11 Å². The molecule has 3 amide bonds. The Labute approximate surface area is 135 Å². The summed E-state index contributed by atoms with van der Waals surface area (Å²) in [4.78, 5) is 35.1. The first kappa shape index (κ1) is 15.7. The molecule has 0 aliphatic carbocycles. The third-order valence-electron chi connectivity index (χ3n) is 4.35. The molecular formula is C15H14N4O5. The molecule has 1 aliphatic rings. The van der Waals surface area contributed by atoms with Gasteiger partial charge in [0.05, 0.1) is 0 Å². The van der Waals surface area contributed by atoms with E-state index in [2.05, 4.69) is 10.4 Å². The molecule has 0 bridgehead atoms. The topological polar surface area (TPSA) is 145 Å². The maximum absolute atomic E-state index is 12.3. The molecule has 0 radical (unpaired) electrons. The molecule has 1 atom stereocenters. The van der Waals surface area contributed by atoms with Crippen molar-refractivity contribution in [3.63, 3.8) is 0 Å². The van der Waals surface area contributed by atoms with Gasteiger partial charge in [0.15, 0.2) is 0 Å². The highest BCUT2D eigenvalue weighted by molar-refractivity contribution is 6.04. The van der Waals surface area contributed by atoms with Crippen LogP contribution in [-0.4, -0.2) is 32.5 Å². The number of piperidine rings is 1. The number of rotatable bonds is 2. The molecule has 1 aromatic carbocycles. The predicted molar refractivity (Wildman–Crippen MR) is 80.8 cm³/mol. The quantitative estimate of drug-likeness (QED) is 0.485. The van der Waals surface area contributed by atoms with Crippen LogP contribution in [0.25, 0.3) is 10.8 Å². The Hall–Kier alpha value is -3.23. The Balaban J connectivity index is 2.22. The molecule has 124 valence electrons. The zero-order valence-corrected chi connectivity index (χ0v) is 12.7. The minimum atomic E-state index is -1.36. The molecule has 4 N–H and O–H groups in total. The van der Waals surface area contributed by atoms with Crippen LogP contribution >= 0.6 is 0 Å². The maximum atomic E-state index is 12.3. The first-order valence-electron chi connectivity index (χ1n) is 7.12. The molecule has 0 spiro atoms. The number of aromatic nitrogens is 1. The summed E-state index contributed by atoms with van der Waals surface area (Å²) in [6, 6.07) is 4.05. The van der Waals surface area contributed by atoms with Gasteiger partial charge >= 0.3 is 0 Å². The fraction of sp³-hybridized carbons (Fsp3) is 0.267. The molecule has 1 fully saturated rings. The number of hydrogen-bond acceptors (Lipinski definition) is 6. The largest absolute Gasteiger partial charge is 0.494 e. The number of imide groups is 1. The fourth-order valence-electron chi connectivity index (χ4n) is 2.94. The Morgan fingerprint density at radius 2 is 1.96 bits per heavy atom. The first-order valence-corrected chi connectivity index (χ1v) is 7.12. The number of nitrogens with one attached hydrogen (secondary N) is 2. The SMILES string of the molecule is C[C@@]1(n2c(O)c3ccc(C(=O)N=N)cc3c2O)CCC(=O)NC1=O. The number of amides is 3. The fourth-order valence-corrected chi connectivity index (χ4v) is 2.94. The Kier molecular flexibility index (Phi) is 3.36. The standard InChI is InChI=1S/C15H14N4O5/c1-15(5-4-10(20)17-14(15)24)19-12(22)8-3-2-7(11(21)18-16)6-9(8)13(19)23/h2-3,6,16,22-23H,4-5H2,1H3,(H,17,20,24)/t15-/m1/s1. The van der Waals surface area contributed by atoms with E-state index in [1.54, 1.807) is 0 Å². The number of nitrogens with zero attached hydrogens (tertiary/aromatic N) is 2. The summed E-state index contributed by atoms with van der Waals surface area (Å²) in [6.07, 6.45) is 0.171.